The van der Waals surface area contributed by atoms with Gasteiger partial charge in [-0.25, -0.2) is 4.68 Å². The molecule has 1 aromatic heterocycles. The lowest BCUT2D eigenvalue weighted by Gasteiger charge is -2.44. The molecule has 2 aliphatic rings. The molecule has 5 rings (SSSR count). The van der Waals surface area contributed by atoms with Crippen LogP contribution in [0.4, 0.5) is 0 Å². The highest BCUT2D eigenvalue weighted by atomic mass is 16.5. The van der Waals surface area contributed by atoms with E-state index in [9.17, 15) is 9.59 Å². The van der Waals surface area contributed by atoms with Gasteiger partial charge in [-0.1, -0.05) is 29.5 Å². The lowest BCUT2D eigenvalue weighted by molar-refractivity contribution is -0.138. The maximum Gasteiger partial charge on any atom is 0.258 e. The van der Waals surface area contributed by atoms with Crippen LogP contribution in [0.5, 0.6) is 5.75 Å². The normalized spacial score (nSPS) is 18.8. The molecule has 2 aromatic carbocycles. The molecule has 8 heteroatoms. The van der Waals surface area contributed by atoms with E-state index >= 15 is 0 Å². The minimum atomic E-state index is -0.759. The Morgan fingerprint density at radius 2 is 1.86 bits per heavy atom. The topological polar surface area (TPSA) is 89.4 Å². The van der Waals surface area contributed by atoms with Gasteiger partial charge >= 0.3 is 0 Å². The fourth-order valence-corrected chi connectivity index (χ4v) is 4.11. The van der Waals surface area contributed by atoms with E-state index < -0.39 is 11.8 Å². The van der Waals surface area contributed by atoms with E-state index in [1.165, 1.54) is 0 Å². The Morgan fingerprint density at radius 1 is 1.14 bits per heavy atom. The summed E-state index contributed by atoms with van der Waals surface area (Å²) in [6, 6.07) is 14.4. The molecule has 0 aliphatic carbocycles. The van der Waals surface area contributed by atoms with Crippen molar-refractivity contribution < 1.29 is 14.3 Å². The van der Waals surface area contributed by atoms with E-state index in [1.807, 2.05) is 54.3 Å². The van der Waals surface area contributed by atoms with Crippen molar-refractivity contribution in [3.8, 4) is 5.75 Å². The second kappa shape index (κ2) is 6.58. The van der Waals surface area contributed by atoms with Gasteiger partial charge in [0.25, 0.3) is 5.91 Å². The molecule has 1 atom stereocenters. The van der Waals surface area contributed by atoms with Gasteiger partial charge in [-0.05, 0) is 31.2 Å². The lowest BCUT2D eigenvalue weighted by atomic mass is 9.96. The second-order valence-electron chi connectivity index (χ2n) is 7.57. The van der Waals surface area contributed by atoms with Crippen LogP contribution in [0, 0.1) is 0 Å². The Morgan fingerprint density at radius 3 is 2.69 bits per heavy atom. The van der Waals surface area contributed by atoms with E-state index in [0.29, 0.717) is 37.2 Å². The lowest BCUT2D eigenvalue weighted by Crippen LogP contribution is -2.61. The summed E-state index contributed by atoms with van der Waals surface area (Å²) >= 11 is 0. The number of likely N-dealkylation sites (tertiary alicyclic amines) is 1. The highest BCUT2D eigenvalue weighted by Gasteiger charge is 2.43. The van der Waals surface area contributed by atoms with Crippen molar-refractivity contribution in [3.05, 3.63) is 54.1 Å². The van der Waals surface area contributed by atoms with Crippen molar-refractivity contribution in [2.75, 3.05) is 13.1 Å². The first-order valence-corrected chi connectivity index (χ1v) is 9.76. The van der Waals surface area contributed by atoms with Gasteiger partial charge in [-0.3, -0.25) is 9.59 Å². The fraction of sp³-hybridized carbons (Fsp3) is 0.333. The molecule has 2 amide bonds. The Bertz CT molecular complexity index is 1100. The molecule has 0 radical (unpaired) electrons. The highest BCUT2D eigenvalue weighted by molar-refractivity contribution is 5.98. The number of fused-ring (bicyclic) bond motifs is 2. The molecule has 29 heavy (non-hydrogen) atoms. The molecule has 1 saturated heterocycles. The number of aromatic nitrogens is 3. The summed E-state index contributed by atoms with van der Waals surface area (Å²) in [7, 11) is 0. The molecule has 1 fully saturated rings. The number of amides is 2. The van der Waals surface area contributed by atoms with Gasteiger partial charge < -0.3 is 15.0 Å². The zero-order chi connectivity index (χ0) is 20.0. The first-order valence-electron chi connectivity index (χ1n) is 9.76. The van der Waals surface area contributed by atoms with Crippen molar-refractivity contribution in [2.24, 2.45) is 0 Å². The SMILES string of the molecule is CC(C(=O)N1CCC2(CC1)NC(=O)c1ccccc1O2)n1nnc2ccccc21. The zero-order valence-corrected chi connectivity index (χ0v) is 16.0. The molecule has 1 unspecified atom stereocenters. The number of rotatable bonds is 2. The molecule has 0 saturated carbocycles. The minimum absolute atomic E-state index is 0.0157. The molecule has 1 spiro atoms. The van der Waals surface area contributed by atoms with Gasteiger partial charge in [-0.2, -0.15) is 0 Å². The number of carbonyl (C=O) groups is 2. The summed E-state index contributed by atoms with van der Waals surface area (Å²) < 4.78 is 7.82. The summed E-state index contributed by atoms with van der Waals surface area (Å²) in [6.07, 6.45) is 1.06. The van der Waals surface area contributed by atoms with Gasteiger partial charge in [0.05, 0.1) is 11.1 Å². The average molecular weight is 391 g/mol. The third-order valence-corrected chi connectivity index (χ3v) is 5.76. The van der Waals surface area contributed by atoms with Gasteiger partial charge in [0.1, 0.15) is 17.3 Å². The molecule has 3 aromatic rings. The quantitative estimate of drug-likeness (QED) is 0.723. The first-order chi connectivity index (χ1) is 14.1. The molecular formula is C21H21N5O3. The number of hydrogen-bond donors (Lipinski definition) is 1. The van der Waals surface area contributed by atoms with Crippen molar-refractivity contribution in [2.45, 2.75) is 31.5 Å². The third kappa shape index (κ3) is 2.91. The van der Waals surface area contributed by atoms with Crippen molar-refractivity contribution >= 4 is 22.8 Å². The number of piperidine rings is 1. The van der Waals surface area contributed by atoms with Gasteiger partial charge in [0, 0.05) is 25.9 Å². The van der Waals surface area contributed by atoms with Crippen LogP contribution >= 0.6 is 0 Å². The van der Waals surface area contributed by atoms with Crippen LogP contribution in [-0.4, -0.2) is 50.5 Å². The molecule has 3 heterocycles. The van der Waals surface area contributed by atoms with Crippen LogP contribution in [0.1, 0.15) is 36.2 Å². The van der Waals surface area contributed by atoms with Crippen LogP contribution in [0.15, 0.2) is 48.5 Å². The fourth-order valence-electron chi connectivity index (χ4n) is 4.11. The maximum absolute atomic E-state index is 13.1. The zero-order valence-electron chi connectivity index (χ0n) is 16.0. The third-order valence-electron chi connectivity index (χ3n) is 5.76. The predicted octanol–water partition coefficient (Wildman–Crippen LogP) is 2.13. The second-order valence-corrected chi connectivity index (χ2v) is 7.57. The standard InChI is InChI=1S/C21H21N5O3/c1-14(26-17-8-4-3-7-16(17)23-24-26)20(28)25-12-10-21(11-13-25)22-19(27)15-6-2-5-9-18(15)29-21/h2-9,14H,10-13H2,1H3,(H,22,27). The number of hydrogen-bond acceptors (Lipinski definition) is 5. The molecule has 148 valence electrons. The van der Waals surface area contributed by atoms with Crippen LogP contribution in [0.25, 0.3) is 11.0 Å². The summed E-state index contributed by atoms with van der Waals surface area (Å²) in [4.78, 5) is 27.4. The minimum Gasteiger partial charge on any atom is -0.467 e. The van der Waals surface area contributed by atoms with Crippen LogP contribution in [0.3, 0.4) is 0 Å². The molecule has 0 bridgehead atoms. The maximum atomic E-state index is 13.1. The molecular weight excluding hydrogens is 370 g/mol. The number of nitrogens with zero attached hydrogens (tertiary/aromatic N) is 4. The Balaban J connectivity index is 1.31. The van der Waals surface area contributed by atoms with E-state index in [2.05, 4.69) is 15.6 Å². The Labute approximate surface area is 167 Å². The molecule has 2 aliphatic heterocycles. The van der Waals surface area contributed by atoms with E-state index in [0.717, 1.165) is 11.0 Å². The highest BCUT2D eigenvalue weighted by Crippen LogP contribution is 2.33. The summed E-state index contributed by atoms with van der Waals surface area (Å²) in [5.41, 5.74) is 1.39. The average Bonchev–Trinajstić information content (AvgIpc) is 3.17. The molecule has 8 nitrogen and oxygen atoms in total. The van der Waals surface area contributed by atoms with Crippen molar-refractivity contribution in [3.63, 3.8) is 0 Å². The van der Waals surface area contributed by atoms with Gasteiger partial charge in [0.2, 0.25) is 5.91 Å². The van der Waals surface area contributed by atoms with Crippen LogP contribution < -0.4 is 10.1 Å². The summed E-state index contributed by atoms with van der Waals surface area (Å²) in [5, 5.41) is 11.3. The van der Waals surface area contributed by atoms with E-state index in [4.69, 9.17) is 4.74 Å². The van der Waals surface area contributed by atoms with Crippen LogP contribution in [-0.2, 0) is 4.79 Å². The number of para-hydroxylation sites is 2. The van der Waals surface area contributed by atoms with Crippen molar-refractivity contribution in [1.82, 2.24) is 25.2 Å². The largest absolute Gasteiger partial charge is 0.467 e. The predicted molar refractivity (Wildman–Crippen MR) is 105 cm³/mol. The van der Waals surface area contributed by atoms with Crippen molar-refractivity contribution in [1.29, 1.82) is 0 Å². The first kappa shape index (κ1) is 17.7. The summed E-state index contributed by atoms with van der Waals surface area (Å²) in [6.45, 7) is 2.83. The number of carbonyl (C=O) groups excluding carboxylic acids is 2. The monoisotopic (exact) mass is 391 g/mol. The molecule has 1 N–H and O–H groups in total. The smallest absolute Gasteiger partial charge is 0.258 e. The summed E-state index contributed by atoms with van der Waals surface area (Å²) in [5.74, 6) is 0.450. The number of benzene rings is 2. The van der Waals surface area contributed by atoms with E-state index in [1.54, 1.807) is 10.7 Å². The van der Waals surface area contributed by atoms with E-state index in [-0.39, 0.29) is 11.8 Å². The van der Waals surface area contributed by atoms with Gasteiger partial charge in [0.15, 0.2) is 5.72 Å². The van der Waals surface area contributed by atoms with Gasteiger partial charge in [-0.15, -0.1) is 5.10 Å². The number of ether oxygens (including phenoxy) is 1. The Kier molecular flexibility index (Phi) is 4.01. The van der Waals surface area contributed by atoms with Crippen LogP contribution in [0.2, 0.25) is 0 Å². The number of nitrogens with one attached hydrogen (secondary N) is 1. The Hall–Kier alpha value is -3.42.